The van der Waals surface area contributed by atoms with Gasteiger partial charge in [-0.05, 0) is 44.5 Å². The van der Waals surface area contributed by atoms with Gasteiger partial charge in [-0.15, -0.1) is 0 Å². The number of hydrogen-bond acceptors (Lipinski definition) is 4. The second kappa shape index (κ2) is 6.31. The molecule has 1 aromatic heterocycles. The molecular formula is C15H19N5. The molecule has 0 aliphatic carbocycles. The third-order valence-corrected chi connectivity index (χ3v) is 3.04. The van der Waals surface area contributed by atoms with E-state index in [1.54, 1.807) is 4.68 Å². The van der Waals surface area contributed by atoms with E-state index in [4.69, 9.17) is 0 Å². The second-order valence-electron chi connectivity index (χ2n) is 4.76. The Morgan fingerprint density at radius 1 is 1.35 bits per heavy atom. The molecule has 0 saturated carbocycles. The summed E-state index contributed by atoms with van der Waals surface area (Å²) in [6.45, 7) is 7.62. The van der Waals surface area contributed by atoms with Crippen LogP contribution >= 0.6 is 0 Å². The average Bonchev–Trinajstić information content (AvgIpc) is 2.77. The molecule has 5 nitrogen and oxygen atoms in total. The van der Waals surface area contributed by atoms with Crippen LogP contribution in [0, 0.1) is 25.2 Å². The van der Waals surface area contributed by atoms with Crippen molar-refractivity contribution in [1.82, 2.24) is 20.1 Å². The van der Waals surface area contributed by atoms with Gasteiger partial charge in [-0.3, -0.25) is 0 Å². The Bertz CT molecular complexity index is 636. The summed E-state index contributed by atoms with van der Waals surface area (Å²) in [4.78, 5) is 4.28. The van der Waals surface area contributed by atoms with Crippen LogP contribution < -0.4 is 5.32 Å². The van der Waals surface area contributed by atoms with Gasteiger partial charge in [-0.1, -0.05) is 13.0 Å². The maximum Gasteiger partial charge on any atom is 0.148 e. The Morgan fingerprint density at radius 2 is 2.15 bits per heavy atom. The van der Waals surface area contributed by atoms with E-state index in [1.807, 2.05) is 32.0 Å². The quantitative estimate of drug-likeness (QED) is 0.845. The van der Waals surface area contributed by atoms with Crippen LogP contribution in [0.4, 0.5) is 0 Å². The molecule has 0 unspecified atom stereocenters. The summed E-state index contributed by atoms with van der Waals surface area (Å²) in [6.07, 6.45) is 1.10. The van der Waals surface area contributed by atoms with Crippen molar-refractivity contribution in [2.24, 2.45) is 0 Å². The molecular weight excluding hydrogens is 250 g/mol. The van der Waals surface area contributed by atoms with Crippen molar-refractivity contribution in [3.8, 4) is 11.8 Å². The van der Waals surface area contributed by atoms with E-state index in [0.29, 0.717) is 11.4 Å². The van der Waals surface area contributed by atoms with Crippen molar-refractivity contribution in [2.45, 2.75) is 33.7 Å². The molecule has 0 aliphatic rings. The van der Waals surface area contributed by atoms with Crippen LogP contribution in [0.5, 0.6) is 0 Å². The van der Waals surface area contributed by atoms with Gasteiger partial charge in [0.15, 0.2) is 0 Å². The van der Waals surface area contributed by atoms with E-state index in [-0.39, 0.29) is 0 Å². The highest BCUT2D eigenvalue weighted by Crippen LogP contribution is 2.17. The van der Waals surface area contributed by atoms with Gasteiger partial charge in [0.1, 0.15) is 17.7 Å². The maximum atomic E-state index is 9.34. The lowest BCUT2D eigenvalue weighted by atomic mass is 10.1. The van der Waals surface area contributed by atoms with E-state index < -0.39 is 0 Å². The van der Waals surface area contributed by atoms with Crippen molar-refractivity contribution in [3.63, 3.8) is 0 Å². The third kappa shape index (κ3) is 3.03. The molecule has 2 aromatic rings. The van der Waals surface area contributed by atoms with Crippen LogP contribution in [0.3, 0.4) is 0 Å². The van der Waals surface area contributed by atoms with Gasteiger partial charge in [-0.25, -0.2) is 9.67 Å². The van der Waals surface area contributed by atoms with Gasteiger partial charge in [-0.2, -0.15) is 10.4 Å². The SMILES string of the molecule is CCCNCc1ccc(-n2nc(C)nc2C)c(C#N)c1. The fourth-order valence-electron chi connectivity index (χ4n) is 2.13. The maximum absolute atomic E-state index is 9.34. The zero-order valence-corrected chi connectivity index (χ0v) is 12.1. The van der Waals surface area contributed by atoms with Crippen LogP contribution in [0.25, 0.3) is 5.69 Å². The van der Waals surface area contributed by atoms with E-state index >= 15 is 0 Å². The molecule has 0 radical (unpaired) electrons. The minimum Gasteiger partial charge on any atom is -0.313 e. The summed E-state index contributed by atoms with van der Waals surface area (Å²) in [5, 5.41) is 17.0. The van der Waals surface area contributed by atoms with Crippen LogP contribution in [0.15, 0.2) is 18.2 Å². The van der Waals surface area contributed by atoms with Crippen molar-refractivity contribution < 1.29 is 0 Å². The molecule has 0 aliphatic heterocycles. The lowest BCUT2D eigenvalue weighted by molar-refractivity contribution is 0.675. The molecule has 0 atom stereocenters. The van der Waals surface area contributed by atoms with Crippen molar-refractivity contribution in [2.75, 3.05) is 6.54 Å². The Kier molecular flexibility index (Phi) is 4.49. The van der Waals surface area contributed by atoms with Crippen LogP contribution in [0.1, 0.15) is 36.1 Å². The number of aromatic nitrogens is 3. The lowest BCUT2D eigenvalue weighted by Crippen LogP contribution is -2.14. The number of nitrogens with zero attached hydrogens (tertiary/aromatic N) is 4. The predicted molar refractivity (Wildman–Crippen MR) is 77.5 cm³/mol. The molecule has 5 heteroatoms. The van der Waals surface area contributed by atoms with Crippen LogP contribution in [0.2, 0.25) is 0 Å². The monoisotopic (exact) mass is 269 g/mol. The van der Waals surface area contributed by atoms with Crippen LogP contribution in [-0.2, 0) is 6.54 Å². The molecule has 20 heavy (non-hydrogen) atoms. The lowest BCUT2D eigenvalue weighted by Gasteiger charge is -2.08. The summed E-state index contributed by atoms with van der Waals surface area (Å²) in [6, 6.07) is 8.11. The highest BCUT2D eigenvalue weighted by molar-refractivity contribution is 5.50. The Hall–Kier alpha value is -2.19. The molecule has 0 amide bonds. The molecule has 1 aromatic carbocycles. The summed E-state index contributed by atoms with van der Waals surface area (Å²) in [7, 11) is 0. The van der Waals surface area contributed by atoms with Gasteiger partial charge in [0, 0.05) is 6.54 Å². The molecule has 2 rings (SSSR count). The van der Waals surface area contributed by atoms with Gasteiger partial charge in [0.2, 0.25) is 0 Å². The molecule has 0 fully saturated rings. The minimum absolute atomic E-state index is 0.619. The predicted octanol–water partition coefficient (Wildman–Crippen LogP) is 2.26. The smallest absolute Gasteiger partial charge is 0.148 e. The molecule has 1 N–H and O–H groups in total. The zero-order valence-electron chi connectivity index (χ0n) is 12.1. The van der Waals surface area contributed by atoms with Gasteiger partial charge >= 0.3 is 0 Å². The van der Waals surface area contributed by atoms with Gasteiger partial charge in [0.25, 0.3) is 0 Å². The highest BCUT2D eigenvalue weighted by Gasteiger charge is 2.10. The highest BCUT2D eigenvalue weighted by atomic mass is 15.3. The number of rotatable bonds is 5. The van der Waals surface area contributed by atoms with Crippen molar-refractivity contribution in [3.05, 3.63) is 41.0 Å². The Morgan fingerprint density at radius 3 is 2.75 bits per heavy atom. The molecule has 0 bridgehead atoms. The Balaban J connectivity index is 2.31. The fourth-order valence-corrected chi connectivity index (χ4v) is 2.13. The minimum atomic E-state index is 0.619. The molecule has 104 valence electrons. The zero-order chi connectivity index (χ0) is 14.5. The van der Waals surface area contributed by atoms with E-state index in [0.717, 1.165) is 36.6 Å². The van der Waals surface area contributed by atoms with Gasteiger partial charge in [0.05, 0.1) is 11.3 Å². The number of benzene rings is 1. The van der Waals surface area contributed by atoms with E-state index in [1.165, 1.54) is 0 Å². The van der Waals surface area contributed by atoms with Crippen molar-refractivity contribution >= 4 is 0 Å². The topological polar surface area (TPSA) is 66.5 Å². The number of hydrogen-bond donors (Lipinski definition) is 1. The number of aryl methyl sites for hydroxylation is 2. The number of nitriles is 1. The molecule has 1 heterocycles. The standard InChI is InChI=1S/C15H19N5/c1-4-7-17-10-13-5-6-15(14(8-13)9-16)20-12(3)18-11(2)19-20/h5-6,8,17H,4,7,10H2,1-3H3. The third-order valence-electron chi connectivity index (χ3n) is 3.04. The molecule has 0 saturated heterocycles. The largest absolute Gasteiger partial charge is 0.313 e. The summed E-state index contributed by atoms with van der Waals surface area (Å²) in [5.74, 6) is 1.50. The second-order valence-corrected chi connectivity index (χ2v) is 4.76. The average molecular weight is 269 g/mol. The fraction of sp³-hybridized carbons (Fsp3) is 0.400. The van der Waals surface area contributed by atoms with Gasteiger partial charge < -0.3 is 5.32 Å². The summed E-state index contributed by atoms with van der Waals surface area (Å²) >= 11 is 0. The van der Waals surface area contributed by atoms with E-state index in [9.17, 15) is 5.26 Å². The first-order valence-electron chi connectivity index (χ1n) is 6.80. The van der Waals surface area contributed by atoms with Crippen molar-refractivity contribution in [1.29, 1.82) is 5.26 Å². The normalized spacial score (nSPS) is 10.5. The summed E-state index contributed by atoms with van der Waals surface area (Å²) < 4.78 is 1.72. The molecule has 0 spiro atoms. The summed E-state index contributed by atoms with van der Waals surface area (Å²) in [5.41, 5.74) is 2.51. The van der Waals surface area contributed by atoms with Crippen LogP contribution in [-0.4, -0.2) is 21.3 Å². The first-order chi connectivity index (χ1) is 9.65. The number of nitrogens with one attached hydrogen (secondary N) is 1. The van der Waals surface area contributed by atoms with E-state index in [2.05, 4.69) is 28.4 Å². The Labute approximate surface area is 119 Å². The first-order valence-corrected chi connectivity index (χ1v) is 6.80. The first kappa shape index (κ1) is 14.2.